The van der Waals surface area contributed by atoms with Crippen molar-refractivity contribution in [2.24, 2.45) is 0 Å². The third-order valence-electron chi connectivity index (χ3n) is 4.45. The summed E-state index contributed by atoms with van der Waals surface area (Å²) in [5.74, 6) is -0.182. The summed E-state index contributed by atoms with van der Waals surface area (Å²) in [6.45, 7) is 4.45. The molecule has 0 unspecified atom stereocenters. The Labute approximate surface area is 150 Å². The first-order chi connectivity index (χ1) is 12.4. The van der Waals surface area contributed by atoms with Gasteiger partial charge in [0.1, 0.15) is 5.75 Å². The summed E-state index contributed by atoms with van der Waals surface area (Å²) in [6.07, 6.45) is -3.88. The van der Waals surface area contributed by atoms with Crippen LogP contribution in [0, 0.1) is 0 Å². The Morgan fingerprint density at radius 3 is 2.08 bits per heavy atom. The van der Waals surface area contributed by atoms with E-state index in [9.17, 15) is 18.3 Å². The number of hydrogen-bond donors (Lipinski definition) is 0. The van der Waals surface area contributed by atoms with Crippen LogP contribution in [-0.4, -0.2) is 44.0 Å². The van der Waals surface area contributed by atoms with Crippen LogP contribution in [0.5, 0.6) is 11.5 Å². The van der Waals surface area contributed by atoms with E-state index in [1.165, 1.54) is 12.1 Å². The summed E-state index contributed by atoms with van der Waals surface area (Å²) in [5.41, 5.74) is 2.04. The van der Waals surface area contributed by atoms with Gasteiger partial charge in [-0.15, -0.1) is 13.2 Å². The molecule has 1 heterocycles. The van der Waals surface area contributed by atoms with E-state index in [2.05, 4.69) is 14.5 Å². The smallest absolute Gasteiger partial charge is 0.406 e. The minimum Gasteiger partial charge on any atom is -0.406 e. The third kappa shape index (κ3) is 5.29. The summed E-state index contributed by atoms with van der Waals surface area (Å²) in [7, 11) is 0. The number of benzene rings is 2. The van der Waals surface area contributed by atoms with E-state index in [0.29, 0.717) is 0 Å². The lowest BCUT2D eigenvalue weighted by Gasteiger charge is -2.36. The fourth-order valence-corrected chi connectivity index (χ4v) is 3.03. The average Bonchev–Trinajstić information content (AvgIpc) is 2.61. The maximum atomic E-state index is 12.2. The van der Waals surface area contributed by atoms with Crippen LogP contribution in [0.15, 0.2) is 48.5 Å². The van der Waals surface area contributed by atoms with Crippen molar-refractivity contribution in [2.45, 2.75) is 12.8 Å². The Hall–Kier alpha value is -2.41. The molecule has 0 spiro atoms. The maximum absolute atomic E-state index is 12.2. The zero-order chi connectivity index (χ0) is 18.6. The van der Waals surface area contributed by atoms with Gasteiger partial charge in [0.15, 0.2) is 5.75 Å². The van der Waals surface area contributed by atoms with Crippen molar-refractivity contribution in [1.29, 1.82) is 0 Å². The molecule has 26 heavy (non-hydrogen) atoms. The molecule has 0 amide bonds. The highest BCUT2D eigenvalue weighted by Crippen LogP contribution is 2.23. The van der Waals surface area contributed by atoms with Crippen LogP contribution in [0.4, 0.5) is 18.9 Å². The van der Waals surface area contributed by atoms with Gasteiger partial charge in [-0.05, 0) is 48.4 Å². The van der Waals surface area contributed by atoms with Gasteiger partial charge in [-0.1, -0.05) is 12.1 Å². The van der Waals surface area contributed by atoms with Crippen LogP contribution in [0.3, 0.4) is 0 Å². The number of anilines is 1. The highest BCUT2D eigenvalue weighted by molar-refractivity contribution is 5.49. The SMILES string of the molecule is [O]c1ccc(N2CCN(CCc3ccc(OC(F)(F)F)cc3)CC2)cc1. The minimum atomic E-state index is -4.66. The van der Waals surface area contributed by atoms with E-state index in [4.69, 9.17) is 0 Å². The third-order valence-corrected chi connectivity index (χ3v) is 4.45. The molecule has 0 saturated carbocycles. The fourth-order valence-electron chi connectivity index (χ4n) is 3.03. The van der Waals surface area contributed by atoms with Gasteiger partial charge in [-0.25, -0.2) is 0 Å². The molecule has 0 atom stereocenters. The molecule has 1 fully saturated rings. The van der Waals surface area contributed by atoms with Crippen molar-refractivity contribution < 1.29 is 23.0 Å². The fraction of sp³-hybridized carbons (Fsp3) is 0.368. The quantitative estimate of drug-likeness (QED) is 0.801. The Balaban J connectivity index is 1.44. The molecule has 0 aromatic heterocycles. The number of piperazine rings is 1. The number of nitrogens with zero attached hydrogens (tertiary/aromatic N) is 2. The van der Waals surface area contributed by atoms with E-state index >= 15 is 0 Å². The second-order valence-corrected chi connectivity index (χ2v) is 6.26. The number of rotatable bonds is 5. The van der Waals surface area contributed by atoms with Crippen molar-refractivity contribution in [3.63, 3.8) is 0 Å². The topological polar surface area (TPSA) is 35.6 Å². The molecule has 3 rings (SSSR count). The van der Waals surface area contributed by atoms with E-state index in [1.807, 2.05) is 12.1 Å². The summed E-state index contributed by atoms with van der Waals surface area (Å²) in [5, 5.41) is 11.2. The highest BCUT2D eigenvalue weighted by atomic mass is 19.4. The Morgan fingerprint density at radius 1 is 0.885 bits per heavy atom. The summed E-state index contributed by atoms with van der Waals surface area (Å²) >= 11 is 0. The van der Waals surface area contributed by atoms with Gasteiger partial charge in [0, 0.05) is 38.4 Å². The van der Waals surface area contributed by atoms with Gasteiger partial charge in [0.05, 0.1) is 0 Å². The molecule has 0 N–H and O–H groups in total. The summed E-state index contributed by atoms with van der Waals surface area (Å²) in [4.78, 5) is 4.58. The average molecular weight is 365 g/mol. The minimum absolute atomic E-state index is 0.0130. The number of hydrogen-bond acceptors (Lipinski definition) is 3. The van der Waals surface area contributed by atoms with E-state index in [1.54, 1.807) is 24.3 Å². The molecular formula is C19H20F3N2O2. The van der Waals surface area contributed by atoms with Crippen molar-refractivity contribution in [3.05, 3.63) is 54.1 Å². The van der Waals surface area contributed by atoms with E-state index in [-0.39, 0.29) is 11.5 Å². The van der Waals surface area contributed by atoms with Gasteiger partial charge in [-0.3, -0.25) is 10.0 Å². The molecule has 4 nitrogen and oxygen atoms in total. The largest absolute Gasteiger partial charge is 0.573 e. The first-order valence-electron chi connectivity index (χ1n) is 8.48. The van der Waals surface area contributed by atoms with Gasteiger partial charge in [-0.2, -0.15) is 0 Å². The lowest BCUT2D eigenvalue weighted by molar-refractivity contribution is -0.274. The van der Waals surface area contributed by atoms with E-state index < -0.39 is 6.36 Å². The second kappa shape index (κ2) is 7.86. The molecule has 139 valence electrons. The van der Waals surface area contributed by atoms with Crippen LogP contribution >= 0.6 is 0 Å². The van der Waals surface area contributed by atoms with Crippen LogP contribution in [0.25, 0.3) is 0 Å². The number of ether oxygens (including phenoxy) is 1. The number of halogens is 3. The molecule has 1 aliphatic heterocycles. The van der Waals surface area contributed by atoms with Gasteiger partial charge < -0.3 is 9.64 Å². The Kier molecular flexibility index (Phi) is 5.56. The zero-order valence-electron chi connectivity index (χ0n) is 14.2. The highest BCUT2D eigenvalue weighted by Gasteiger charge is 2.30. The second-order valence-electron chi connectivity index (χ2n) is 6.26. The lowest BCUT2D eigenvalue weighted by Crippen LogP contribution is -2.46. The van der Waals surface area contributed by atoms with Crippen molar-refractivity contribution in [2.75, 3.05) is 37.6 Å². The summed E-state index contributed by atoms with van der Waals surface area (Å²) < 4.78 is 40.4. The Bertz CT molecular complexity index is 694. The van der Waals surface area contributed by atoms with Gasteiger partial charge in [0.2, 0.25) is 0 Å². The molecule has 0 aliphatic carbocycles. The standard InChI is InChI=1S/C19H20F3N2O2/c20-19(21,22)26-18-7-1-15(2-8-18)9-10-23-11-13-24(14-12-23)16-3-5-17(25)6-4-16/h1-8H,9-14H2. The first-order valence-corrected chi connectivity index (χ1v) is 8.48. The maximum Gasteiger partial charge on any atom is 0.573 e. The first kappa shape index (κ1) is 18.4. The van der Waals surface area contributed by atoms with E-state index in [0.717, 1.165) is 50.4 Å². The number of alkyl halides is 3. The molecule has 2 aromatic carbocycles. The molecule has 2 aromatic rings. The van der Waals surface area contributed by atoms with Gasteiger partial charge >= 0.3 is 6.36 Å². The van der Waals surface area contributed by atoms with Crippen LogP contribution in [-0.2, 0) is 11.5 Å². The molecular weight excluding hydrogens is 345 g/mol. The molecule has 1 saturated heterocycles. The summed E-state index contributed by atoms with van der Waals surface area (Å²) in [6, 6.07) is 12.9. The van der Waals surface area contributed by atoms with Crippen molar-refractivity contribution in [1.82, 2.24) is 4.90 Å². The van der Waals surface area contributed by atoms with Crippen LogP contribution in [0.2, 0.25) is 0 Å². The molecule has 1 radical (unpaired) electrons. The van der Waals surface area contributed by atoms with Crippen molar-refractivity contribution >= 4 is 5.69 Å². The monoisotopic (exact) mass is 365 g/mol. The normalized spacial score (nSPS) is 15.9. The van der Waals surface area contributed by atoms with Gasteiger partial charge in [0.25, 0.3) is 0 Å². The lowest BCUT2D eigenvalue weighted by atomic mass is 10.1. The molecule has 0 bridgehead atoms. The predicted molar refractivity (Wildman–Crippen MR) is 92.1 cm³/mol. The predicted octanol–water partition coefficient (Wildman–Crippen LogP) is 4.09. The zero-order valence-corrected chi connectivity index (χ0v) is 14.2. The molecule has 7 heteroatoms. The van der Waals surface area contributed by atoms with Crippen molar-refractivity contribution in [3.8, 4) is 11.5 Å². The Morgan fingerprint density at radius 2 is 1.50 bits per heavy atom. The van der Waals surface area contributed by atoms with Crippen LogP contribution < -0.4 is 9.64 Å². The van der Waals surface area contributed by atoms with Crippen LogP contribution in [0.1, 0.15) is 5.56 Å². The molecule has 1 aliphatic rings.